The molecule has 0 bridgehead atoms. The van der Waals surface area contributed by atoms with Gasteiger partial charge in [-0.3, -0.25) is 0 Å². The van der Waals surface area contributed by atoms with Gasteiger partial charge < -0.3 is 4.18 Å². The fourth-order valence-electron chi connectivity index (χ4n) is 2.62. The number of rotatable bonds is 3. The van der Waals surface area contributed by atoms with Gasteiger partial charge in [0, 0.05) is 17.4 Å². The molecule has 0 aliphatic heterocycles. The molecule has 1 aliphatic rings. The van der Waals surface area contributed by atoms with Crippen molar-refractivity contribution in [2.75, 3.05) is 0 Å². The van der Waals surface area contributed by atoms with E-state index in [4.69, 9.17) is 5.14 Å². The molecule has 1 fully saturated rings. The Morgan fingerprint density at radius 2 is 2.05 bits per heavy atom. The second kappa shape index (κ2) is 4.73. The van der Waals surface area contributed by atoms with E-state index in [9.17, 15) is 8.42 Å². The van der Waals surface area contributed by atoms with E-state index in [-0.39, 0.29) is 5.75 Å². The van der Waals surface area contributed by atoms with Crippen LogP contribution in [0.3, 0.4) is 0 Å². The number of hydrogen-bond acceptors (Lipinski definition) is 5. The highest BCUT2D eigenvalue weighted by atomic mass is 32.2. The monoisotopic (exact) mass is 298 g/mol. The molecule has 1 aromatic carbocycles. The van der Waals surface area contributed by atoms with Gasteiger partial charge in [-0.1, -0.05) is 12.8 Å². The molecule has 0 spiro atoms. The molecular formula is C12H14N2O3S2. The number of nitrogens with zero attached hydrogens (tertiary/aromatic N) is 1. The molecule has 1 aliphatic carbocycles. The first kappa shape index (κ1) is 12.8. The minimum Gasteiger partial charge on any atom is -0.371 e. The van der Waals surface area contributed by atoms with Crippen molar-refractivity contribution in [2.24, 2.45) is 5.14 Å². The lowest BCUT2D eigenvalue weighted by Crippen LogP contribution is -2.18. The number of fused-ring (bicyclic) bond motifs is 1. The maximum Gasteiger partial charge on any atom is 0.380 e. The van der Waals surface area contributed by atoms with Gasteiger partial charge in [0.2, 0.25) is 0 Å². The average Bonchev–Trinajstić information content (AvgIpc) is 2.93. The van der Waals surface area contributed by atoms with Crippen molar-refractivity contribution in [1.29, 1.82) is 0 Å². The maximum atomic E-state index is 10.9. The molecule has 1 aromatic heterocycles. The first-order valence-corrected chi connectivity index (χ1v) is 8.39. The van der Waals surface area contributed by atoms with Crippen molar-refractivity contribution in [3.8, 4) is 5.75 Å². The van der Waals surface area contributed by atoms with Crippen molar-refractivity contribution in [3.05, 3.63) is 23.9 Å². The summed E-state index contributed by atoms with van der Waals surface area (Å²) < 4.78 is 31.9. The summed E-state index contributed by atoms with van der Waals surface area (Å²) in [5.41, 5.74) is 1.14. The summed E-state index contributed by atoms with van der Waals surface area (Å²) in [4.78, 5) is 0. The molecule has 0 amide bonds. The molecule has 1 heterocycles. The Hall–Kier alpha value is -1.18. The summed E-state index contributed by atoms with van der Waals surface area (Å²) >= 11 is 1.38. The fourth-order valence-corrected chi connectivity index (χ4v) is 3.87. The molecule has 2 N–H and O–H groups in total. The Morgan fingerprint density at radius 1 is 1.32 bits per heavy atom. The van der Waals surface area contributed by atoms with Crippen molar-refractivity contribution in [1.82, 2.24) is 4.37 Å². The summed E-state index contributed by atoms with van der Waals surface area (Å²) in [5, 5.41) is 5.95. The first-order valence-electron chi connectivity index (χ1n) is 6.14. The third kappa shape index (κ3) is 2.72. The minimum absolute atomic E-state index is 0.233. The van der Waals surface area contributed by atoms with Crippen molar-refractivity contribution >= 4 is 31.9 Å². The number of aromatic nitrogens is 1. The van der Waals surface area contributed by atoms with Crippen LogP contribution in [0, 0.1) is 0 Å². The molecule has 19 heavy (non-hydrogen) atoms. The largest absolute Gasteiger partial charge is 0.380 e. The highest BCUT2D eigenvalue weighted by molar-refractivity contribution is 7.84. The number of hydrogen-bond donors (Lipinski definition) is 1. The predicted octanol–water partition coefficient (Wildman–Crippen LogP) is 2.54. The fraction of sp³-hybridized carbons (Fsp3) is 0.417. The van der Waals surface area contributed by atoms with Gasteiger partial charge in [0.15, 0.2) is 0 Å². The summed E-state index contributed by atoms with van der Waals surface area (Å²) in [6.07, 6.45) is 4.90. The van der Waals surface area contributed by atoms with Crippen molar-refractivity contribution in [2.45, 2.75) is 31.6 Å². The van der Waals surface area contributed by atoms with E-state index in [1.807, 2.05) is 6.07 Å². The Kier molecular flexibility index (Phi) is 3.20. The predicted molar refractivity (Wildman–Crippen MR) is 74.6 cm³/mol. The average molecular weight is 298 g/mol. The molecule has 0 atom stereocenters. The van der Waals surface area contributed by atoms with E-state index in [1.165, 1.54) is 37.2 Å². The zero-order valence-electron chi connectivity index (χ0n) is 10.2. The van der Waals surface area contributed by atoms with Gasteiger partial charge in [0.25, 0.3) is 0 Å². The lowest BCUT2D eigenvalue weighted by molar-refractivity contribution is 0.488. The van der Waals surface area contributed by atoms with Crippen molar-refractivity contribution in [3.63, 3.8) is 0 Å². The van der Waals surface area contributed by atoms with Gasteiger partial charge in [-0.05, 0) is 36.5 Å². The van der Waals surface area contributed by atoms with Gasteiger partial charge >= 0.3 is 10.3 Å². The van der Waals surface area contributed by atoms with Crippen LogP contribution in [-0.4, -0.2) is 12.8 Å². The summed E-state index contributed by atoms with van der Waals surface area (Å²) in [6.45, 7) is 0. The Morgan fingerprint density at radius 3 is 2.74 bits per heavy atom. The first-order chi connectivity index (χ1) is 9.03. The minimum atomic E-state index is -3.97. The summed E-state index contributed by atoms with van der Waals surface area (Å²) in [7, 11) is -3.97. The second-order valence-electron chi connectivity index (χ2n) is 4.78. The van der Waals surface area contributed by atoms with Crippen molar-refractivity contribution < 1.29 is 12.6 Å². The molecule has 0 radical (unpaired) electrons. The zero-order chi connectivity index (χ0) is 13.5. The van der Waals surface area contributed by atoms with Gasteiger partial charge in [0.1, 0.15) is 5.75 Å². The van der Waals surface area contributed by atoms with Crippen LogP contribution in [0.4, 0.5) is 0 Å². The van der Waals surface area contributed by atoms with Crippen LogP contribution in [-0.2, 0) is 10.3 Å². The van der Waals surface area contributed by atoms with Crippen LogP contribution < -0.4 is 9.32 Å². The van der Waals surface area contributed by atoms with Crippen LogP contribution in [0.2, 0.25) is 0 Å². The molecule has 0 unspecified atom stereocenters. The van der Waals surface area contributed by atoms with Crippen LogP contribution in [0.5, 0.6) is 5.75 Å². The molecule has 102 valence electrons. The van der Waals surface area contributed by atoms with E-state index < -0.39 is 10.3 Å². The molecule has 5 nitrogen and oxygen atoms in total. The number of nitrogens with two attached hydrogens (primary N) is 1. The molecule has 0 saturated heterocycles. The highest BCUT2D eigenvalue weighted by Crippen LogP contribution is 2.39. The zero-order valence-corrected chi connectivity index (χ0v) is 11.8. The Balaban J connectivity index is 1.97. The van der Waals surface area contributed by atoms with Gasteiger partial charge in [-0.25, -0.2) is 0 Å². The smallest absolute Gasteiger partial charge is 0.371 e. The van der Waals surface area contributed by atoms with Gasteiger partial charge in [0.05, 0.1) is 10.4 Å². The second-order valence-corrected chi connectivity index (χ2v) is 6.74. The molecule has 2 aromatic rings. The van der Waals surface area contributed by atoms with E-state index in [0.29, 0.717) is 5.92 Å². The van der Waals surface area contributed by atoms with Crippen LogP contribution in [0.25, 0.3) is 10.1 Å². The molecule has 7 heteroatoms. The topological polar surface area (TPSA) is 82.3 Å². The van der Waals surface area contributed by atoms with E-state index in [1.54, 1.807) is 12.1 Å². The van der Waals surface area contributed by atoms with Crippen LogP contribution in [0.1, 0.15) is 37.3 Å². The standard InChI is InChI=1S/C12H14N2O3S2/c13-19(15,16)17-9-5-6-10-11(7-9)18-14-12(10)8-3-1-2-4-8/h5-8H,1-4H2,(H2,13,15,16). The van der Waals surface area contributed by atoms with Crippen LogP contribution >= 0.6 is 11.5 Å². The number of benzene rings is 1. The van der Waals surface area contributed by atoms with Crippen LogP contribution in [0.15, 0.2) is 18.2 Å². The SMILES string of the molecule is NS(=O)(=O)Oc1ccc2c(C3CCCC3)nsc2c1. The Labute approximate surface area is 115 Å². The quantitative estimate of drug-likeness (QED) is 0.944. The lowest BCUT2D eigenvalue weighted by Gasteiger charge is -2.06. The van der Waals surface area contributed by atoms with E-state index in [0.717, 1.165) is 15.8 Å². The van der Waals surface area contributed by atoms with E-state index in [2.05, 4.69) is 8.56 Å². The third-order valence-corrected chi connectivity index (χ3v) is 4.67. The maximum absolute atomic E-state index is 10.9. The Bertz CT molecular complexity index is 703. The summed E-state index contributed by atoms with van der Waals surface area (Å²) in [6, 6.07) is 5.17. The molecular weight excluding hydrogens is 284 g/mol. The lowest BCUT2D eigenvalue weighted by atomic mass is 10.0. The van der Waals surface area contributed by atoms with E-state index >= 15 is 0 Å². The molecule has 1 saturated carbocycles. The van der Waals surface area contributed by atoms with Gasteiger partial charge in [-0.15, -0.1) is 0 Å². The highest BCUT2D eigenvalue weighted by Gasteiger charge is 2.22. The normalized spacial score (nSPS) is 17.1. The summed E-state index contributed by atoms with van der Waals surface area (Å²) in [5.74, 6) is 0.774. The van der Waals surface area contributed by atoms with Gasteiger partial charge in [-0.2, -0.15) is 17.9 Å². The molecule has 3 rings (SSSR count). The third-order valence-electron chi connectivity index (χ3n) is 3.43.